The smallest absolute Gasteiger partial charge is 0.322 e. The largest absolute Gasteiger partial charge is 0.488 e. The Balaban J connectivity index is 1.65. The summed E-state index contributed by atoms with van der Waals surface area (Å²) in [5, 5.41) is 12.4. The van der Waals surface area contributed by atoms with Crippen molar-refractivity contribution in [3.63, 3.8) is 0 Å². The van der Waals surface area contributed by atoms with Crippen LogP contribution in [-0.2, 0) is 0 Å². The number of β-amino-alcohol motifs (C(OH)–C–C–N with tert-alkyl or cyclic N) is 1. The van der Waals surface area contributed by atoms with Gasteiger partial charge in [-0.15, -0.1) is 0 Å². The van der Waals surface area contributed by atoms with Crippen LogP contribution in [0.25, 0.3) is 0 Å². The molecular weight excluding hydrogens is 268 g/mol. The van der Waals surface area contributed by atoms with E-state index in [2.05, 4.69) is 5.32 Å². The highest BCUT2D eigenvalue weighted by atomic mass is 16.5. The minimum atomic E-state index is -0.402. The van der Waals surface area contributed by atoms with Crippen LogP contribution in [0.4, 0.5) is 10.5 Å². The molecule has 0 bridgehead atoms. The maximum absolute atomic E-state index is 12.2. The normalized spacial score (nSPS) is 22.5. The molecule has 2 amide bonds. The predicted octanol–water partition coefficient (Wildman–Crippen LogP) is 2.61. The number of anilines is 1. The van der Waals surface area contributed by atoms with Gasteiger partial charge in [0.05, 0.1) is 17.9 Å². The van der Waals surface area contributed by atoms with Crippen molar-refractivity contribution in [2.24, 2.45) is 0 Å². The van der Waals surface area contributed by atoms with Crippen LogP contribution in [0.15, 0.2) is 24.3 Å². The van der Waals surface area contributed by atoms with Crippen molar-refractivity contribution in [2.45, 2.75) is 44.3 Å². The Bertz CT molecular complexity index is 500. The molecule has 2 aliphatic rings. The van der Waals surface area contributed by atoms with E-state index in [0.717, 1.165) is 18.6 Å². The van der Waals surface area contributed by atoms with Gasteiger partial charge in [0.25, 0.3) is 0 Å². The molecule has 0 aromatic heterocycles. The second kappa shape index (κ2) is 6.35. The number of rotatable bonds is 3. The van der Waals surface area contributed by atoms with E-state index in [1.165, 1.54) is 12.8 Å². The first-order valence-electron chi connectivity index (χ1n) is 7.72. The summed E-state index contributed by atoms with van der Waals surface area (Å²) in [6.45, 7) is 0.996. The van der Waals surface area contributed by atoms with Crippen molar-refractivity contribution in [2.75, 3.05) is 18.4 Å². The van der Waals surface area contributed by atoms with E-state index in [9.17, 15) is 9.90 Å². The number of aliphatic hydroxyl groups is 1. The van der Waals surface area contributed by atoms with E-state index < -0.39 is 6.10 Å². The third-order valence-electron chi connectivity index (χ3n) is 4.18. The summed E-state index contributed by atoms with van der Waals surface area (Å²) in [5.74, 6) is 0.734. The van der Waals surface area contributed by atoms with E-state index >= 15 is 0 Å². The zero-order chi connectivity index (χ0) is 14.7. The van der Waals surface area contributed by atoms with Crippen molar-refractivity contribution < 1.29 is 14.6 Å². The number of carbonyl (C=O) groups is 1. The van der Waals surface area contributed by atoms with E-state index in [1.807, 2.05) is 24.3 Å². The van der Waals surface area contributed by atoms with E-state index in [0.29, 0.717) is 25.2 Å². The lowest BCUT2D eigenvalue weighted by Crippen LogP contribution is -2.33. The number of benzene rings is 1. The van der Waals surface area contributed by atoms with Crippen LogP contribution in [0.3, 0.4) is 0 Å². The van der Waals surface area contributed by atoms with Crippen LogP contribution >= 0.6 is 0 Å². The highest BCUT2D eigenvalue weighted by molar-refractivity contribution is 5.91. The zero-order valence-corrected chi connectivity index (χ0v) is 12.1. The number of para-hydroxylation sites is 2. The summed E-state index contributed by atoms with van der Waals surface area (Å²) in [4.78, 5) is 13.8. The Morgan fingerprint density at radius 1 is 1.24 bits per heavy atom. The Labute approximate surface area is 124 Å². The van der Waals surface area contributed by atoms with E-state index in [1.54, 1.807) is 4.90 Å². The van der Waals surface area contributed by atoms with Gasteiger partial charge in [0.2, 0.25) is 0 Å². The molecule has 1 heterocycles. The third kappa shape index (κ3) is 3.47. The fourth-order valence-corrected chi connectivity index (χ4v) is 2.98. The first-order valence-corrected chi connectivity index (χ1v) is 7.72. The molecule has 2 N–H and O–H groups in total. The molecule has 21 heavy (non-hydrogen) atoms. The van der Waals surface area contributed by atoms with E-state index in [-0.39, 0.29) is 12.1 Å². The van der Waals surface area contributed by atoms with E-state index in [4.69, 9.17) is 4.74 Å². The fraction of sp³-hybridized carbons (Fsp3) is 0.562. The van der Waals surface area contributed by atoms with Gasteiger partial charge >= 0.3 is 6.03 Å². The fourth-order valence-electron chi connectivity index (χ4n) is 2.98. The van der Waals surface area contributed by atoms with Gasteiger partial charge in [0.1, 0.15) is 5.75 Å². The van der Waals surface area contributed by atoms with Crippen molar-refractivity contribution in [3.05, 3.63) is 24.3 Å². The van der Waals surface area contributed by atoms with Crippen molar-refractivity contribution >= 4 is 11.7 Å². The number of hydrogen-bond donors (Lipinski definition) is 2. The van der Waals surface area contributed by atoms with Crippen molar-refractivity contribution in [3.8, 4) is 5.75 Å². The maximum atomic E-state index is 12.2. The number of ether oxygens (including phenoxy) is 1. The number of nitrogens with zero attached hydrogens (tertiary/aromatic N) is 1. The van der Waals surface area contributed by atoms with Crippen LogP contribution in [0, 0.1) is 0 Å². The summed E-state index contributed by atoms with van der Waals surface area (Å²) in [7, 11) is 0. The molecule has 1 atom stereocenters. The quantitative estimate of drug-likeness (QED) is 0.899. The maximum Gasteiger partial charge on any atom is 0.322 e. The minimum Gasteiger partial charge on any atom is -0.488 e. The summed E-state index contributed by atoms with van der Waals surface area (Å²) < 4.78 is 6.01. The lowest BCUT2D eigenvalue weighted by molar-refractivity contribution is 0.176. The highest BCUT2D eigenvalue weighted by Crippen LogP contribution is 2.30. The Morgan fingerprint density at radius 3 is 2.71 bits per heavy atom. The lowest BCUT2D eigenvalue weighted by atomic mass is 10.2. The average molecular weight is 290 g/mol. The second-order valence-corrected chi connectivity index (χ2v) is 5.84. The molecule has 1 aromatic carbocycles. The van der Waals surface area contributed by atoms with Gasteiger partial charge < -0.3 is 20.1 Å². The molecule has 1 saturated carbocycles. The third-order valence-corrected chi connectivity index (χ3v) is 4.18. The standard InChI is InChI=1S/C16H22N2O3/c19-12-9-10-18(11-12)16(20)17-14-7-3-4-8-15(14)21-13-5-1-2-6-13/h3-4,7-8,12-13,19H,1-2,5-6,9-11H2,(H,17,20)/t12-/m0/s1. The summed E-state index contributed by atoms with van der Waals surface area (Å²) in [5.41, 5.74) is 0.704. The molecule has 0 radical (unpaired) electrons. The van der Waals surface area contributed by atoms with Crippen molar-refractivity contribution in [1.29, 1.82) is 0 Å². The minimum absolute atomic E-state index is 0.172. The number of urea groups is 1. The van der Waals surface area contributed by atoms with Crippen LogP contribution in [0.5, 0.6) is 5.75 Å². The molecule has 1 aromatic rings. The molecule has 3 rings (SSSR count). The van der Waals surface area contributed by atoms with Gasteiger partial charge in [-0.25, -0.2) is 4.79 Å². The Kier molecular flexibility index (Phi) is 4.29. The summed E-state index contributed by atoms with van der Waals surface area (Å²) in [6.07, 6.45) is 5.10. The van der Waals surface area contributed by atoms with Crippen molar-refractivity contribution in [1.82, 2.24) is 4.90 Å². The first kappa shape index (κ1) is 14.2. The number of nitrogens with one attached hydrogen (secondary N) is 1. The Morgan fingerprint density at radius 2 is 2.00 bits per heavy atom. The number of likely N-dealkylation sites (tertiary alicyclic amines) is 1. The summed E-state index contributed by atoms with van der Waals surface area (Å²) >= 11 is 0. The molecular formula is C16H22N2O3. The molecule has 1 aliphatic heterocycles. The predicted molar refractivity (Wildman–Crippen MR) is 80.5 cm³/mol. The van der Waals surface area contributed by atoms with Crippen LogP contribution in [0.1, 0.15) is 32.1 Å². The molecule has 5 nitrogen and oxygen atoms in total. The molecule has 1 aliphatic carbocycles. The molecule has 2 fully saturated rings. The number of carbonyl (C=O) groups excluding carboxylic acids is 1. The lowest BCUT2D eigenvalue weighted by Gasteiger charge is -2.20. The SMILES string of the molecule is O=C(Nc1ccccc1OC1CCCC1)N1CC[C@H](O)C1. The van der Waals surface area contributed by atoms with Gasteiger partial charge in [-0.05, 0) is 44.2 Å². The molecule has 114 valence electrons. The van der Waals surface area contributed by atoms with Gasteiger partial charge in [-0.2, -0.15) is 0 Å². The topological polar surface area (TPSA) is 61.8 Å². The van der Waals surface area contributed by atoms with Gasteiger partial charge in [0.15, 0.2) is 0 Å². The molecule has 5 heteroatoms. The molecule has 0 spiro atoms. The number of aliphatic hydroxyl groups excluding tert-OH is 1. The van der Waals surface area contributed by atoms with Gasteiger partial charge in [-0.3, -0.25) is 0 Å². The monoisotopic (exact) mass is 290 g/mol. The average Bonchev–Trinajstić information content (AvgIpc) is 3.12. The molecule has 0 unspecified atom stereocenters. The van der Waals surface area contributed by atoms with Gasteiger partial charge in [0, 0.05) is 13.1 Å². The van der Waals surface area contributed by atoms with Gasteiger partial charge in [-0.1, -0.05) is 12.1 Å². The molecule has 1 saturated heterocycles. The first-order chi connectivity index (χ1) is 10.2. The van der Waals surface area contributed by atoms with Crippen LogP contribution in [-0.4, -0.2) is 41.3 Å². The zero-order valence-electron chi connectivity index (χ0n) is 12.1. The number of hydrogen-bond acceptors (Lipinski definition) is 3. The Hall–Kier alpha value is -1.75. The number of amides is 2. The van der Waals surface area contributed by atoms with Crippen LogP contribution < -0.4 is 10.1 Å². The highest BCUT2D eigenvalue weighted by Gasteiger charge is 2.25. The van der Waals surface area contributed by atoms with Crippen LogP contribution in [0.2, 0.25) is 0 Å². The summed E-state index contributed by atoms with van der Waals surface area (Å²) in [6, 6.07) is 7.38. The second-order valence-electron chi connectivity index (χ2n) is 5.84.